The fraction of sp³-hybridized carbons (Fsp3) is 0. The van der Waals surface area contributed by atoms with Crippen molar-refractivity contribution in [3.63, 3.8) is 0 Å². The fourth-order valence-electron chi connectivity index (χ4n) is 7.50. The monoisotopic (exact) mass is 652 g/mol. The summed E-state index contributed by atoms with van der Waals surface area (Å²) in [5, 5.41) is 16.2. The molecule has 7 aromatic carbocycles. The van der Waals surface area contributed by atoms with Gasteiger partial charge in [-0.1, -0.05) is 127 Å². The standard InChI is InChI=1S/C45H28N4Si/c1-47-34-28-33(29-35(30-34)49-42-23-13-12-21-40(42)41-27-32(31-46)25-26-43(41)49)39-22-14-24-44(45(39)48-2)50(36-15-6-3-7-16-36,37-17-8-4-9-18-37)38-19-10-5-11-20-38/h3-30H. The van der Waals surface area contributed by atoms with Crippen LogP contribution in [0.5, 0.6) is 0 Å². The molecule has 0 N–H and O–H groups in total. The van der Waals surface area contributed by atoms with Crippen molar-refractivity contribution in [2.45, 2.75) is 0 Å². The summed E-state index contributed by atoms with van der Waals surface area (Å²) in [7, 11) is -3.01. The number of hydrogen-bond donors (Lipinski definition) is 0. The molecule has 8 rings (SSSR count). The van der Waals surface area contributed by atoms with Crippen molar-refractivity contribution in [1.29, 1.82) is 5.26 Å². The fourth-order valence-corrected chi connectivity index (χ4v) is 12.4. The SMILES string of the molecule is [C-]#[N+]c1cc(-c2cccc([Si](c3ccccc3)(c3ccccc3)c3ccccc3)c2[N+]#[C-])cc(-n2c3ccccc3c3cc(C#N)ccc32)c1. The van der Waals surface area contributed by atoms with E-state index in [2.05, 4.69) is 123 Å². The van der Waals surface area contributed by atoms with E-state index >= 15 is 0 Å². The van der Waals surface area contributed by atoms with E-state index in [0.29, 0.717) is 16.9 Å². The average Bonchev–Trinajstić information content (AvgIpc) is 3.53. The summed E-state index contributed by atoms with van der Waals surface area (Å²) in [6.07, 6.45) is 0. The van der Waals surface area contributed by atoms with Crippen LogP contribution in [0.15, 0.2) is 170 Å². The van der Waals surface area contributed by atoms with Crippen molar-refractivity contribution in [1.82, 2.24) is 4.57 Å². The van der Waals surface area contributed by atoms with Crippen LogP contribution in [0.25, 0.3) is 48.3 Å². The van der Waals surface area contributed by atoms with Crippen LogP contribution in [0, 0.1) is 24.5 Å². The molecule has 0 fully saturated rings. The molecule has 0 spiro atoms. The van der Waals surface area contributed by atoms with E-state index in [1.807, 2.05) is 66.7 Å². The molecular formula is C45H28N4Si. The number of hydrogen-bond acceptors (Lipinski definition) is 1. The van der Waals surface area contributed by atoms with Crippen molar-refractivity contribution in [2.24, 2.45) is 0 Å². The van der Waals surface area contributed by atoms with Crippen molar-refractivity contribution in [2.75, 3.05) is 0 Å². The first-order valence-electron chi connectivity index (χ1n) is 16.3. The van der Waals surface area contributed by atoms with Crippen LogP contribution in [-0.2, 0) is 0 Å². The van der Waals surface area contributed by atoms with Gasteiger partial charge in [-0.2, -0.15) is 5.26 Å². The Morgan fingerprint density at radius 2 is 1.14 bits per heavy atom. The summed E-state index contributed by atoms with van der Waals surface area (Å²) in [6, 6.07) is 60.0. The quantitative estimate of drug-likeness (QED) is 0.101. The zero-order chi connectivity index (χ0) is 34.1. The Morgan fingerprint density at radius 1 is 0.540 bits per heavy atom. The van der Waals surface area contributed by atoms with Gasteiger partial charge in [0.15, 0.2) is 19.4 Å². The number of nitriles is 1. The maximum Gasteiger partial charge on any atom is 0.195 e. The second-order valence-electron chi connectivity index (χ2n) is 12.2. The molecule has 5 heteroatoms. The molecule has 0 atom stereocenters. The predicted octanol–water partition coefficient (Wildman–Crippen LogP) is 8.80. The third-order valence-corrected chi connectivity index (χ3v) is 14.4. The van der Waals surface area contributed by atoms with Gasteiger partial charge in [0.25, 0.3) is 0 Å². The van der Waals surface area contributed by atoms with Gasteiger partial charge in [-0.15, -0.1) is 0 Å². The topological polar surface area (TPSA) is 37.4 Å². The molecule has 0 aliphatic heterocycles. The van der Waals surface area contributed by atoms with Crippen LogP contribution in [0.4, 0.5) is 11.4 Å². The molecule has 0 saturated carbocycles. The third-order valence-electron chi connectivity index (χ3n) is 9.57. The van der Waals surface area contributed by atoms with Gasteiger partial charge in [0.1, 0.15) is 0 Å². The molecule has 0 aliphatic rings. The van der Waals surface area contributed by atoms with Crippen LogP contribution in [-0.4, -0.2) is 12.6 Å². The van der Waals surface area contributed by atoms with E-state index in [1.54, 1.807) is 0 Å². The van der Waals surface area contributed by atoms with E-state index in [4.69, 9.17) is 13.1 Å². The molecule has 8 aromatic rings. The van der Waals surface area contributed by atoms with Gasteiger partial charge in [-0.05, 0) is 74.3 Å². The van der Waals surface area contributed by atoms with E-state index < -0.39 is 8.07 Å². The lowest BCUT2D eigenvalue weighted by atomic mass is 10.0. The van der Waals surface area contributed by atoms with Gasteiger partial charge in [0.2, 0.25) is 0 Å². The Balaban J connectivity index is 1.43. The first-order chi connectivity index (χ1) is 24.7. The number of benzene rings is 7. The van der Waals surface area contributed by atoms with Crippen LogP contribution in [0.3, 0.4) is 0 Å². The molecule has 0 unspecified atom stereocenters. The molecule has 4 nitrogen and oxygen atoms in total. The number of nitrogens with zero attached hydrogens (tertiary/aromatic N) is 4. The third kappa shape index (κ3) is 4.80. The number of fused-ring (bicyclic) bond motifs is 3. The summed E-state index contributed by atoms with van der Waals surface area (Å²) in [6.45, 7) is 16.9. The molecule has 0 radical (unpaired) electrons. The van der Waals surface area contributed by atoms with Crippen LogP contribution in [0.2, 0.25) is 0 Å². The minimum Gasteiger partial charge on any atom is -0.310 e. The first kappa shape index (κ1) is 30.4. The minimum absolute atomic E-state index is 0.482. The van der Waals surface area contributed by atoms with Crippen LogP contribution < -0.4 is 20.7 Å². The molecule has 232 valence electrons. The average molecular weight is 653 g/mol. The molecule has 1 heterocycles. The van der Waals surface area contributed by atoms with Gasteiger partial charge in [0, 0.05) is 16.5 Å². The van der Waals surface area contributed by atoms with Crippen LogP contribution in [0.1, 0.15) is 5.56 Å². The summed E-state index contributed by atoms with van der Waals surface area (Å²) in [5.74, 6) is 0. The first-order valence-corrected chi connectivity index (χ1v) is 18.3. The summed E-state index contributed by atoms with van der Waals surface area (Å²) in [4.78, 5) is 8.23. The summed E-state index contributed by atoms with van der Waals surface area (Å²) >= 11 is 0. The van der Waals surface area contributed by atoms with Crippen molar-refractivity contribution in [3.05, 3.63) is 198 Å². The Bertz CT molecular complexity index is 2580. The Hall–Kier alpha value is -6.97. The summed E-state index contributed by atoms with van der Waals surface area (Å²) < 4.78 is 2.16. The lowest BCUT2D eigenvalue weighted by Gasteiger charge is -2.35. The predicted molar refractivity (Wildman–Crippen MR) is 207 cm³/mol. The highest BCUT2D eigenvalue weighted by atomic mass is 28.3. The Morgan fingerprint density at radius 3 is 1.74 bits per heavy atom. The van der Waals surface area contributed by atoms with E-state index in [1.165, 1.54) is 15.6 Å². The molecule has 0 aliphatic carbocycles. The lowest BCUT2D eigenvalue weighted by molar-refractivity contribution is 1.18. The maximum absolute atomic E-state index is 9.66. The summed E-state index contributed by atoms with van der Waals surface area (Å²) in [5.41, 5.74) is 6.01. The van der Waals surface area contributed by atoms with Gasteiger partial charge < -0.3 is 4.57 Å². The minimum atomic E-state index is -3.01. The highest BCUT2D eigenvalue weighted by Gasteiger charge is 2.43. The van der Waals surface area contributed by atoms with E-state index in [0.717, 1.165) is 43.8 Å². The van der Waals surface area contributed by atoms with Gasteiger partial charge in [-0.3, -0.25) is 0 Å². The van der Waals surface area contributed by atoms with E-state index in [9.17, 15) is 5.26 Å². The number of rotatable bonds is 6. The second-order valence-corrected chi connectivity index (χ2v) is 16.0. The molecule has 0 saturated heterocycles. The highest BCUT2D eigenvalue weighted by molar-refractivity contribution is 7.20. The molecule has 0 bridgehead atoms. The van der Waals surface area contributed by atoms with Crippen molar-refractivity contribution in [3.8, 4) is 22.9 Å². The van der Waals surface area contributed by atoms with Gasteiger partial charge in [0.05, 0.1) is 35.8 Å². The zero-order valence-electron chi connectivity index (χ0n) is 27.0. The van der Waals surface area contributed by atoms with Crippen molar-refractivity contribution >= 4 is 62.0 Å². The Labute approximate surface area is 292 Å². The van der Waals surface area contributed by atoms with Crippen LogP contribution >= 0.6 is 0 Å². The van der Waals surface area contributed by atoms with E-state index in [-0.39, 0.29) is 0 Å². The largest absolute Gasteiger partial charge is 0.310 e. The van der Waals surface area contributed by atoms with Crippen molar-refractivity contribution < 1.29 is 0 Å². The molecule has 0 amide bonds. The van der Waals surface area contributed by atoms with Gasteiger partial charge in [-0.25, -0.2) is 9.69 Å². The molecule has 1 aromatic heterocycles. The zero-order valence-corrected chi connectivity index (χ0v) is 28.0. The number of aromatic nitrogens is 1. The smallest absolute Gasteiger partial charge is 0.195 e. The lowest BCUT2D eigenvalue weighted by Crippen LogP contribution is -2.74. The Kier molecular flexibility index (Phi) is 7.63. The molecular weight excluding hydrogens is 625 g/mol. The van der Waals surface area contributed by atoms with Gasteiger partial charge >= 0.3 is 0 Å². The normalized spacial score (nSPS) is 11.1. The maximum atomic E-state index is 9.66. The highest BCUT2D eigenvalue weighted by Crippen LogP contribution is 2.38. The number of para-hydroxylation sites is 2. The molecule has 50 heavy (non-hydrogen) atoms. The second kappa shape index (κ2) is 12.6.